The van der Waals surface area contributed by atoms with E-state index in [1.807, 2.05) is 37.3 Å². The van der Waals surface area contributed by atoms with Crippen molar-refractivity contribution in [3.8, 4) is 11.3 Å². The van der Waals surface area contributed by atoms with Crippen LogP contribution in [0, 0.1) is 6.92 Å². The quantitative estimate of drug-likeness (QED) is 0.785. The van der Waals surface area contributed by atoms with E-state index in [0.717, 1.165) is 22.6 Å². The Kier molecular flexibility index (Phi) is 2.33. The summed E-state index contributed by atoms with van der Waals surface area (Å²) in [6.45, 7) is 2.39. The molecule has 0 unspecified atom stereocenters. The van der Waals surface area contributed by atoms with Crippen LogP contribution >= 0.6 is 0 Å². The number of rotatable bonds is 2. The van der Waals surface area contributed by atoms with Crippen molar-refractivity contribution in [1.82, 2.24) is 5.16 Å². The summed E-state index contributed by atoms with van der Waals surface area (Å²) >= 11 is 0. The van der Waals surface area contributed by atoms with Crippen molar-refractivity contribution < 1.29 is 4.52 Å². The number of benzene rings is 1. The Morgan fingerprint density at radius 1 is 1.29 bits per heavy atom. The van der Waals surface area contributed by atoms with Gasteiger partial charge in [-0.05, 0) is 6.92 Å². The lowest BCUT2D eigenvalue weighted by Gasteiger charge is -1.96. The molecule has 2 aromatic rings. The lowest BCUT2D eigenvalue weighted by molar-refractivity contribution is 0.423. The highest BCUT2D eigenvalue weighted by Crippen LogP contribution is 2.24. The molecule has 0 spiro atoms. The van der Waals surface area contributed by atoms with Crippen LogP contribution < -0.4 is 5.73 Å². The minimum Gasteiger partial charge on any atom is -0.356 e. The standard InChI is InChI=1S/C11H12N2O/c1-8-10(7-12)13-14-11(8)9-5-3-2-4-6-9/h2-6H,7,12H2,1H3. The molecule has 2 rings (SSSR count). The molecule has 0 fully saturated rings. The second-order valence-corrected chi connectivity index (χ2v) is 3.15. The molecule has 1 aromatic heterocycles. The van der Waals surface area contributed by atoms with Crippen molar-refractivity contribution in [2.24, 2.45) is 5.73 Å². The summed E-state index contributed by atoms with van der Waals surface area (Å²) in [5, 5.41) is 3.91. The van der Waals surface area contributed by atoms with Crippen LogP contribution in [0.15, 0.2) is 34.9 Å². The van der Waals surface area contributed by atoms with Gasteiger partial charge in [0.1, 0.15) is 5.69 Å². The fraction of sp³-hybridized carbons (Fsp3) is 0.182. The normalized spacial score (nSPS) is 10.4. The Morgan fingerprint density at radius 2 is 2.00 bits per heavy atom. The SMILES string of the molecule is Cc1c(CN)noc1-c1ccccc1. The average Bonchev–Trinajstić information content (AvgIpc) is 2.61. The van der Waals surface area contributed by atoms with Crippen LogP contribution in [0.3, 0.4) is 0 Å². The zero-order chi connectivity index (χ0) is 9.97. The summed E-state index contributed by atoms with van der Waals surface area (Å²) in [6, 6.07) is 9.90. The monoisotopic (exact) mass is 188 g/mol. The molecule has 0 aliphatic carbocycles. The molecule has 1 heterocycles. The van der Waals surface area contributed by atoms with Gasteiger partial charge in [-0.25, -0.2) is 0 Å². The first-order chi connectivity index (χ1) is 6.83. The number of nitrogens with zero attached hydrogens (tertiary/aromatic N) is 1. The van der Waals surface area contributed by atoms with Gasteiger partial charge in [0, 0.05) is 17.7 Å². The van der Waals surface area contributed by atoms with Crippen LogP contribution in [-0.2, 0) is 6.54 Å². The summed E-state index contributed by atoms with van der Waals surface area (Å²) in [4.78, 5) is 0. The van der Waals surface area contributed by atoms with Crippen LogP contribution in [0.1, 0.15) is 11.3 Å². The first-order valence-electron chi connectivity index (χ1n) is 4.53. The summed E-state index contributed by atoms with van der Waals surface area (Å²) in [5.41, 5.74) is 8.41. The van der Waals surface area contributed by atoms with E-state index in [1.165, 1.54) is 0 Å². The molecule has 3 nitrogen and oxygen atoms in total. The van der Waals surface area contributed by atoms with E-state index in [9.17, 15) is 0 Å². The topological polar surface area (TPSA) is 52.0 Å². The predicted octanol–water partition coefficient (Wildman–Crippen LogP) is 2.11. The van der Waals surface area contributed by atoms with E-state index >= 15 is 0 Å². The second-order valence-electron chi connectivity index (χ2n) is 3.15. The smallest absolute Gasteiger partial charge is 0.170 e. The average molecular weight is 188 g/mol. The Bertz CT molecular complexity index is 420. The highest BCUT2D eigenvalue weighted by Gasteiger charge is 2.11. The minimum absolute atomic E-state index is 0.419. The third-order valence-electron chi connectivity index (χ3n) is 2.25. The van der Waals surface area contributed by atoms with E-state index in [0.29, 0.717) is 6.54 Å². The van der Waals surface area contributed by atoms with E-state index in [4.69, 9.17) is 10.3 Å². The van der Waals surface area contributed by atoms with E-state index in [-0.39, 0.29) is 0 Å². The molecule has 72 valence electrons. The summed E-state index contributed by atoms with van der Waals surface area (Å²) in [6.07, 6.45) is 0. The molecule has 0 aliphatic heterocycles. The van der Waals surface area contributed by atoms with Gasteiger partial charge in [0.15, 0.2) is 5.76 Å². The summed E-state index contributed by atoms with van der Waals surface area (Å²) < 4.78 is 5.24. The van der Waals surface area contributed by atoms with Crippen molar-refractivity contribution in [2.75, 3.05) is 0 Å². The molecule has 0 bridgehead atoms. The molecule has 14 heavy (non-hydrogen) atoms. The van der Waals surface area contributed by atoms with Crippen molar-refractivity contribution >= 4 is 0 Å². The summed E-state index contributed by atoms with van der Waals surface area (Å²) in [7, 11) is 0. The highest BCUT2D eigenvalue weighted by atomic mass is 16.5. The van der Waals surface area contributed by atoms with Gasteiger partial charge in [0.25, 0.3) is 0 Å². The Balaban J connectivity index is 2.48. The maximum atomic E-state index is 5.52. The molecule has 0 radical (unpaired) electrons. The molecule has 0 saturated carbocycles. The second kappa shape index (κ2) is 3.64. The van der Waals surface area contributed by atoms with Crippen LogP contribution in [0.2, 0.25) is 0 Å². The molecule has 3 heteroatoms. The Labute approximate surface area is 82.5 Å². The fourth-order valence-corrected chi connectivity index (χ4v) is 1.42. The molecular weight excluding hydrogens is 176 g/mol. The van der Waals surface area contributed by atoms with Gasteiger partial charge in [0.05, 0.1) is 0 Å². The maximum Gasteiger partial charge on any atom is 0.170 e. The summed E-state index contributed by atoms with van der Waals surface area (Å²) in [5.74, 6) is 0.811. The lowest BCUT2D eigenvalue weighted by atomic mass is 10.1. The van der Waals surface area contributed by atoms with Crippen LogP contribution in [-0.4, -0.2) is 5.16 Å². The lowest BCUT2D eigenvalue weighted by Crippen LogP contribution is -1.97. The van der Waals surface area contributed by atoms with Gasteiger partial charge in [0.2, 0.25) is 0 Å². The molecule has 0 saturated heterocycles. The van der Waals surface area contributed by atoms with Crippen molar-refractivity contribution in [2.45, 2.75) is 13.5 Å². The first-order valence-corrected chi connectivity index (χ1v) is 4.53. The number of hydrogen-bond acceptors (Lipinski definition) is 3. The Hall–Kier alpha value is -1.61. The molecular formula is C11H12N2O. The zero-order valence-electron chi connectivity index (χ0n) is 8.03. The first kappa shape index (κ1) is 8.97. The van der Waals surface area contributed by atoms with Gasteiger partial charge in [-0.2, -0.15) is 0 Å². The number of hydrogen-bond donors (Lipinski definition) is 1. The number of nitrogens with two attached hydrogens (primary N) is 1. The third kappa shape index (κ3) is 1.42. The van der Waals surface area contributed by atoms with Crippen molar-refractivity contribution in [3.63, 3.8) is 0 Å². The van der Waals surface area contributed by atoms with E-state index < -0.39 is 0 Å². The minimum atomic E-state index is 0.419. The predicted molar refractivity (Wildman–Crippen MR) is 54.6 cm³/mol. The van der Waals surface area contributed by atoms with Gasteiger partial charge < -0.3 is 10.3 Å². The Morgan fingerprint density at radius 3 is 2.57 bits per heavy atom. The van der Waals surface area contributed by atoms with E-state index in [1.54, 1.807) is 0 Å². The fourth-order valence-electron chi connectivity index (χ4n) is 1.42. The van der Waals surface area contributed by atoms with Gasteiger partial charge in [-0.3, -0.25) is 0 Å². The zero-order valence-corrected chi connectivity index (χ0v) is 8.03. The third-order valence-corrected chi connectivity index (χ3v) is 2.25. The van der Waals surface area contributed by atoms with Crippen molar-refractivity contribution in [1.29, 1.82) is 0 Å². The van der Waals surface area contributed by atoms with Crippen LogP contribution in [0.5, 0.6) is 0 Å². The molecule has 0 aliphatic rings. The molecule has 2 N–H and O–H groups in total. The largest absolute Gasteiger partial charge is 0.356 e. The highest BCUT2D eigenvalue weighted by molar-refractivity contribution is 5.61. The van der Waals surface area contributed by atoms with Gasteiger partial charge >= 0.3 is 0 Å². The van der Waals surface area contributed by atoms with Crippen LogP contribution in [0.4, 0.5) is 0 Å². The van der Waals surface area contributed by atoms with Gasteiger partial charge in [-0.1, -0.05) is 35.5 Å². The maximum absolute atomic E-state index is 5.52. The number of aromatic nitrogens is 1. The molecule has 1 aromatic carbocycles. The molecule has 0 atom stereocenters. The van der Waals surface area contributed by atoms with Crippen LogP contribution in [0.25, 0.3) is 11.3 Å². The van der Waals surface area contributed by atoms with E-state index in [2.05, 4.69) is 5.16 Å². The molecule has 0 amide bonds. The van der Waals surface area contributed by atoms with Crippen molar-refractivity contribution in [3.05, 3.63) is 41.6 Å². The van der Waals surface area contributed by atoms with Gasteiger partial charge in [-0.15, -0.1) is 0 Å².